The van der Waals surface area contributed by atoms with Crippen LogP contribution >= 0.6 is 0 Å². The first-order chi connectivity index (χ1) is 8.58. The zero-order valence-electron chi connectivity index (χ0n) is 9.68. The van der Waals surface area contributed by atoms with Crippen molar-refractivity contribution < 1.29 is 23.4 Å². The Hall–Kier alpha value is -1.75. The lowest BCUT2D eigenvalue weighted by Crippen LogP contribution is -2.15. The minimum absolute atomic E-state index is 0.111. The predicted octanol–water partition coefficient (Wildman–Crippen LogP) is 2.65. The van der Waals surface area contributed by atoms with E-state index in [-0.39, 0.29) is 19.4 Å². The van der Waals surface area contributed by atoms with E-state index in [1.165, 1.54) is 0 Å². The van der Waals surface area contributed by atoms with Crippen molar-refractivity contribution in [2.75, 3.05) is 0 Å². The van der Waals surface area contributed by atoms with Crippen molar-refractivity contribution in [1.29, 1.82) is 0 Å². The molecule has 1 atom stereocenters. The minimum atomic E-state index is -1.87. The fourth-order valence-electron chi connectivity index (χ4n) is 1.30. The molecule has 0 fully saturated rings. The maximum absolute atomic E-state index is 11.7. The molecule has 98 valence electrons. The highest BCUT2D eigenvalue weighted by Gasteiger charge is 2.11. The van der Waals surface area contributed by atoms with Crippen molar-refractivity contribution in [3.8, 4) is 0 Å². The number of halogens is 2. The number of esters is 1. The Morgan fingerprint density at radius 1 is 1.33 bits per heavy atom. The van der Waals surface area contributed by atoms with Gasteiger partial charge in [-0.1, -0.05) is 30.3 Å². The van der Waals surface area contributed by atoms with E-state index in [2.05, 4.69) is 0 Å². The molecule has 0 aromatic heterocycles. The van der Waals surface area contributed by atoms with Crippen LogP contribution in [0.25, 0.3) is 0 Å². The van der Waals surface area contributed by atoms with E-state index >= 15 is 0 Å². The number of carbonyl (C=O) groups is 1. The van der Waals surface area contributed by atoms with Gasteiger partial charge in [-0.15, -0.1) is 0 Å². The quantitative estimate of drug-likeness (QED) is 0.796. The largest absolute Gasteiger partial charge is 0.461 e. The van der Waals surface area contributed by atoms with Gasteiger partial charge in [0, 0.05) is 0 Å². The number of aliphatic hydroxyl groups excluding tert-OH is 1. The van der Waals surface area contributed by atoms with Gasteiger partial charge in [-0.3, -0.25) is 4.79 Å². The molecule has 1 rings (SSSR count). The summed E-state index contributed by atoms with van der Waals surface area (Å²) in [4.78, 5) is 11.3. The standard InChI is InChI=1S/C13H14F2O3/c14-12(15)7-6-11(16)8-13(17)18-9-10-4-2-1-3-5-10/h1-5,7,11,16H,6,8-9H2. The van der Waals surface area contributed by atoms with E-state index < -0.39 is 18.2 Å². The summed E-state index contributed by atoms with van der Waals surface area (Å²) in [5.41, 5.74) is 0.829. The van der Waals surface area contributed by atoms with Crippen molar-refractivity contribution in [3.63, 3.8) is 0 Å². The molecule has 0 saturated heterocycles. The number of hydrogen-bond acceptors (Lipinski definition) is 3. The van der Waals surface area contributed by atoms with Gasteiger partial charge in [0.15, 0.2) is 0 Å². The van der Waals surface area contributed by atoms with E-state index in [4.69, 9.17) is 4.74 Å². The maximum atomic E-state index is 11.7. The van der Waals surface area contributed by atoms with Gasteiger partial charge in [0.1, 0.15) is 6.61 Å². The van der Waals surface area contributed by atoms with Gasteiger partial charge >= 0.3 is 5.97 Å². The minimum Gasteiger partial charge on any atom is -0.461 e. The molecule has 1 unspecified atom stereocenters. The fourth-order valence-corrected chi connectivity index (χ4v) is 1.30. The third kappa shape index (κ3) is 6.10. The molecule has 1 N–H and O–H groups in total. The lowest BCUT2D eigenvalue weighted by molar-refractivity contribution is -0.147. The first kappa shape index (κ1) is 14.3. The zero-order chi connectivity index (χ0) is 13.4. The highest BCUT2D eigenvalue weighted by atomic mass is 19.3. The summed E-state index contributed by atoms with van der Waals surface area (Å²) < 4.78 is 28.4. The van der Waals surface area contributed by atoms with Gasteiger partial charge in [0.25, 0.3) is 6.08 Å². The molecule has 1 aromatic rings. The summed E-state index contributed by atoms with van der Waals surface area (Å²) in [6.45, 7) is 0.111. The molecule has 0 radical (unpaired) electrons. The van der Waals surface area contributed by atoms with E-state index in [0.29, 0.717) is 6.08 Å². The highest BCUT2D eigenvalue weighted by molar-refractivity contribution is 5.69. The second-order valence-corrected chi connectivity index (χ2v) is 3.73. The molecule has 3 nitrogen and oxygen atoms in total. The van der Waals surface area contributed by atoms with Crippen LogP contribution in [0.1, 0.15) is 18.4 Å². The van der Waals surface area contributed by atoms with Crippen molar-refractivity contribution in [2.24, 2.45) is 0 Å². The number of rotatable bonds is 6. The van der Waals surface area contributed by atoms with Crippen LogP contribution in [-0.2, 0) is 16.1 Å². The SMILES string of the molecule is O=C(CC(O)CC=C(F)F)OCc1ccccc1. The van der Waals surface area contributed by atoms with Crippen LogP contribution in [-0.4, -0.2) is 17.2 Å². The van der Waals surface area contributed by atoms with Gasteiger partial charge < -0.3 is 9.84 Å². The second-order valence-electron chi connectivity index (χ2n) is 3.73. The van der Waals surface area contributed by atoms with E-state index in [1.807, 2.05) is 18.2 Å². The molecular weight excluding hydrogens is 242 g/mol. The number of benzene rings is 1. The molecule has 0 heterocycles. The first-order valence-corrected chi connectivity index (χ1v) is 5.46. The summed E-state index contributed by atoms with van der Waals surface area (Å²) in [5.74, 6) is -0.612. The number of ether oxygens (including phenoxy) is 1. The van der Waals surface area contributed by atoms with Gasteiger partial charge in [0.2, 0.25) is 0 Å². The second kappa shape index (κ2) is 7.55. The number of hydrogen-bond donors (Lipinski definition) is 1. The van der Waals surface area contributed by atoms with Gasteiger partial charge in [0.05, 0.1) is 12.5 Å². The third-order valence-electron chi connectivity index (χ3n) is 2.19. The zero-order valence-corrected chi connectivity index (χ0v) is 9.68. The molecule has 0 aliphatic heterocycles. The van der Waals surface area contributed by atoms with Crippen LogP contribution in [0.3, 0.4) is 0 Å². The lowest BCUT2D eigenvalue weighted by atomic mass is 10.2. The fraction of sp³-hybridized carbons (Fsp3) is 0.308. The summed E-state index contributed by atoms with van der Waals surface area (Å²) in [6, 6.07) is 9.06. The van der Waals surface area contributed by atoms with Crippen molar-refractivity contribution in [3.05, 3.63) is 48.1 Å². The van der Waals surface area contributed by atoms with Gasteiger partial charge in [-0.05, 0) is 18.1 Å². The van der Waals surface area contributed by atoms with Crippen LogP contribution < -0.4 is 0 Å². The Morgan fingerprint density at radius 2 is 2.00 bits per heavy atom. The normalized spacial score (nSPS) is 11.7. The number of carbonyl (C=O) groups excluding carboxylic acids is 1. The Labute approximate surface area is 104 Å². The summed E-state index contributed by atoms with van der Waals surface area (Å²) >= 11 is 0. The molecule has 0 spiro atoms. The highest BCUT2D eigenvalue weighted by Crippen LogP contribution is 2.07. The van der Waals surface area contributed by atoms with Gasteiger partial charge in [-0.25, -0.2) is 0 Å². The van der Waals surface area contributed by atoms with Crippen LogP contribution in [0.15, 0.2) is 42.5 Å². The molecule has 0 saturated carbocycles. The average molecular weight is 256 g/mol. The Kier molecular flexibility index (Phi) is 6.00. The van der Waals surface area contributed by atoms with Crippen LogP contribution in [0.4, 0.5) is 8.78 Å². The molecular formula is C13H14F2O3. The summed E-state index contributed by atoms with van der Waals surface area (Å²) in [5, 5.41) is 9.29. The number of aliphatic hydroxyl groups is 1. The summed E-state index contributed by atoms with van der Waals surface area (Å²) in [7, 11) is 0. The first-order valence-electron chi connectivity index (χ1n) is 5.46. The molecule has 0 bridgehead atoms. The molecule has 18 heavy (non-hydrogen) atoms. The van der Waals surface area contributed by atoms with Gasteiger partial charge in [-0.2, -0.15) is 8.78 Å². The van der Waals surface area contributed by atoms with Crippen LogP contribution in [0.2, 0.25) is 0 Å². The Morgan fingerprint density at radius 3 is 2.61 bits per heavy atom. The molecule has 0 aliphatic carbocycles. The maximum Gasteiger partial charge on any atom is 0.308 e. The Bertz CT molecular complexity index is 400. The lowest BCUT2D eigenvalue weighted by Gasteiger charge is -2.08. The molecule has 5 heteroatoms. The Balaban J connectivity index is 2.27. The molecule has 0 amide bonds. The van der Waals surface area contributed by atoms with E-state index in [1.54, 1.807) is 12.1 Å². The van der Waals surface area contributed by atoms with Crippen LogP contribution in [0.5, 0.6) is 0 Å². The van der Waals surface area contributed by atoms with Crippen molar-refractivity contribution in [1.82, 2.24) is 0 Å². The van der Waals surface area contributed by atoms with Crippen molar-refractivity contribution in [2.45, 2.75) is 25.6 Å². The van der Waals surface area contributed by atoms with E-state index in [0.717, 1.165) is 5.56 Å². The van der Waals surface area contributed by atoms with E-state index in [9.17, 15) is 18.7 Å². The average Bonchev–Trinajstić information content (AvgIpc) is 2.35. The summed E-state index contributed by atoms with van der Waals surface area (Å²) in [6.07, 6.45) is -2.99. The smallest absolute Gasteiger partial charge is 0.308 e. The predicted molar refractivity (Wildman–Crippen MR) is 61.8 cm³/mol. The van der Waals surface area contributed by atoms with Crippen molar-refractivity contribution >= 4 is 5.97 Å². The third-order valence-corrected chi connectivity index (χ3v) is 2.19. The van der Waals surface area contributed by atoms with Crippen LogP contribution in [0, 0.1) is 0 Å². The monoisotopic (exact) mass is 256 g/mol. The topological polar surface area (TPSA) is 46.5 Å². The molecule has 0 aliphatic rings. The molecule has 1 aromatic carbocycles.